The van der Waals surface area contributed by atoms with E-state index in [4.69, 9.17) is 5.11 Å². The summed E-state index contributed by atoms with van der Waals surface area (Å²) < 4.78 is 0. The second kappa shape index (κ2) is 5.66. The van der Waals surface area contributed by atoms with E-state index in [1.807, 2.05) is 24.3 Å². The van der Waals surface area contributed by atoms with Crippen LogP contribution in [-0.2, 0) is 13.2 Å². The third kappa shape index (κ3) is 3.07. The summed E-state index contributed by atoms with van der Waals surface area (Å²) in [5.74, 6) is 1.14. The van der Waals surface area contributed by atoms with E-state index in [0.717, 1.165) is 30.9 Å². The highest BCUT2D eigenvalue weighted by Crippen LogP contribution is 2.07. The molecule has 0 aliphatic carbocycles. The number of nitrogens with zero attached hydrogens (tertiary/aromatic N) is 1. The van der Waals surface area contributed by atoms with Crippen LogP contribution in [-0.4, -0.2) is 17.5 Å². The van der Waals surface area contributed by atoms with Gasteiger partial charge in [-0.2, -0.15) is 0 Å². The van der Waals surface area contributed by atoms with Crippen molar-refractivity contribution in [3.8, 4) is 0 Å². The topological polar surface area (TPSA) is 44.6 Å². The quantitative estimate of drug-likeness (QED) is 0.813. The van der Waals surface area contributed by atoms with Crippen LogP contribution in [0.4, 0.5) is 0 Å². The second-order valence-electron chi connectivity index (χ2n) is 4.11. The average Bonchev–Trinajstić information content (AvgIpc) is 2.38. The molecule has 3 nitrogen and oxygen atoms in total. The largest absolute Gasteiger partial charge is 0.392 e. The van der Waals surface area contributed by atoms with Gasteiger partial charge in [0.05, 0.1) is 12.4 Å². The Kier molecular flexibility index (Phi) is 3.94. The molecular formula is C13H18N2O. The maximum Gasteiger partial charge on any atom is 0.0965 e. The number of benzene rings is 1. The standard InChI is InChI=1S/C13H18N2O/c16-10-12-6-4-11(5-7-12)9-15-13-3-1-2-8-14-13/h4-7,16H,1-3,8-10H2,(H,14,15). The summed E-state index contributed by atoms with van der Waals surface area (Å²) in [6, 6.07) is 8.00. The number of hydrogen-bond acceptors (Lipinski definition) is 3. The van der Waals surface area contributed by atoms with Gasteiger partial charge < -0.3 is 10.4 Å². The van der Waals surface area contributed by atoms with E-state index in [-0.39, 0.29) is 6.61 Å². The third-order valence-electron chi connectivity index (χ3n) is 2.83. The van der Waals surface area contributed by atoms with E-state index in [1.54, 1.807) is 0 Å². The van der Waals surface area contributed by atoms with Gasteiger partial charge in [-0.25, -0.2) is 0 Å². The van der Waals surface area contributed by atoms with Crippen molar-refractivity contribution in [2.45, 2.75) is 32.4 Å². The molecule has 0 radical (unpaired) electrons. The summed E-state index contributed by atoms with van der Waals surface area (Å²) in [5, 5.41) is 12.3. The van der Waals surface area contributed by atoms with Crippen molar-refractivity contribution in [3.05, 3.63) is 35.4 Å². The molecule has 3 heteroatoms. The molecule has 1 aliphatic heterocycles. The smallest absolute Gasteiger partial charge is 0.0965 e. The zero-order chi connectivity index (χ0) is 11.2. The van der Waals surface area contributed by atoms with Crippen molar-refractivity contribution < 1.29 is 5.11 Å². The summed E-state index contributed by atoms with van der Waals surface area (Å²) in [6.45, 7) is 1.90. The van der Waals surface area contributed by atoms with Crippen molar-refractivity contribution in [2.75, 3.05) is 6.54 Å². The first-order chi connectivity index (χ1) is 7.88. The lowest BCUT2D eigenvalue weighted by atomic mass is 10.1. The van der Waals surface area contributed by atoms with Gasteiger partial charge in [0.15, 0.2) is 0 Å². The minimum atomic E-state index is 0.112. The number of aliphatic imine (C=N–C) groups is 1. The van der Waals surface area contributed by atoms with Gasteiger partial charge in [-0.3, -0.25) is 4.99 Å². The minimum Gasteiger partial charge on any atom is -0.392 e. The molecule has 1 aromatic rings. The summed E-state index contributed by atoms with van der Waals surface area (Å²) in [7, 11) is 0. The first kappa shape index (κ1) is 11.1. The average molecular weight is 218 g/mol. The molecular weight excluding hydrogens is 200 g/mol. The number of rotatable bonds is 3. The lowest BCUT2D eigenvalue weighted by Gasteiger charge is -2.13. The molecule has 16 heavy (non-hydrogen) atoms. The van der Waals surface area contributed by atoms with Crippen molar-refractivity contribution in [1.29, 1.82) is 0 Å². The fraction of sp³-hybridized carbons (Fsp3) is 0.462. The summed E-state index contributed by atoms with van der Waals surface area (Å²) in [5.41, 5.74) is 2.18. The van der Waals surface area contributed by atoms with Gasteiger partial charge in [-0.05, 0) is 24.0 Å². The lowest BCUT2D eigenvalue weighted by molar-refractivity contribution is 0.282. The van der Waals surface area contributed by atoms with E-state index in [0.29, 0.717) is 0 Å². The summed E-state index contributed by atoms with van der Waals surface area (Å²) >= 11 is 0. The van der Waals surface area contributed by atoms with Gasteiger partial charge in [0.1, 0.15) is 0 Å². The highest BCUT2D eigenvalue weighted by molar-refractivity contribution is 5.82. The third-order valence-corrected chi connectivity index (χ3v) is 2.83. The summed E-state index contributed by atoms with van der Waals surface area (Å²) in [6.07, 6.45) is 3.54. The lowest BCUT2D eigenvalue weighted by Crippen LogP contribution is -2.25. The molecule has 0 fully saturated rings. The molecule has 0 saturated heterocycles. The van der Waals surface area contributed by atoms with E-state index in [2.05, 4.69) is 10.3 Å². The minimum absolute atomic E-state index is 0.112. The van der Waals surface area contributed by atoms with Crippen LogP contribution in [0.15, 0.2) is 29.3 Å². The Hall–Kier alpha value is -1.35. The van der Waals surface area contributed by atoms with Gasteiger partial charge in [0.2, 0.25) is 0 Å². The van der Waals surface area contributed by atoms with Crippen molar-refractivity contribution in [2.24, 2.45) is 4.99 Å². The van der Waals surface area contributed by atoms with E-state index >= 15 is 0 Å². The van der Waals surface area contributed by atoms with Crippen LogP contribution in [0.3, 0.4) is 0 Å². The molecule has 86 valence electrons. The molecule has 0 saturated carbocycles. The van der Waals surface area contributed by atoms with Gasteiger partial charge in [0.25, 0.3) is 0 Å². The summed E-state index contributed by atoms with van der Waals surface area (Å²) in [4.78, 5) is 4.44. The van der Waals surface area contributed by atoms with E-state index < -0.39 is 0 Å². The fourth-order valence-corrected chi connectivity index (χ4v) is 1.81. The first-order valence-corrected chi connectivity index (χ1v) is 5.84. The van der Waals surface area contributed by atoms with E-state index in [9.17, 15) is 0 Å². The Balaban J connectivity index is 1.86. The second-order valence-corrected chi connectivity index (χ2v) is 4.11. The number of aliphatic hydroxyl groups excluding tert-OH is 1. The monoisotopic (exact) mass is 218 g/mol. The molecule has 2 N–H and O–H groups in total. The SMILES string of the molecule is OCc1ccc(CNC2=NCCCC2)cc1. The van der Waals surface area contributed by atoms with Crippen LogP contribution in [0.1, 0.15) is 30.4 Å². The Morgan fingerprint density at radius 3 is 2.50 bits per heavy atom. The predicted molar refractivity (Wildman–Crippen MR) is 65.4 cm³/mol. The van der Waals surface area contributed by atoms with Gasteiger partial charge in [-0.1, -0.05) is 24.3 Å². The van der Waals surface area contributed by atoms with Crippen LogP contribution < -0.4 is 5.32 Å². The molecule has 0 spiro atoms. The normalized spacial score (nSPS) is 15.7. The number of aliphatic hydroxyl groups is 1. The number of hydrogen-bond donors (Lipinski definition) is 2. The maximum absolute atomic E-state index is 8.93. The highest BCUT2D eigenvalue weighted by atomic mass is 16.3. The number of nitrogens with one attached hydrogen (secondary N) is 1. The predicted octanol–water partition coefficient (Wildman–Crippen LogP) is 1.85. The van der Waals surface area contributed by atoms with Gasteiger partial charge in [-0.15, -0.1) is 0 Å². The Labute approximate surface area is 96.2 Å². The van der Waals surface area contributed by atoms with Gasteiger partial charge in [0, 0.05) is 19.5 Å². The van der Waals surface area contributed by atoms with Gasteiger partial charge >= 0.3 is 0 Å². The molecule has 0 bridgehead atoms. The van der Waals surface area contributed by atoms with Crippen LogP contribution in [0.25, 0.3) is 0 Å². The van der Waals surface area contributed by atoms with Crippen molar-refractivity contribution in [1.82, 2.24) is 5.32 Å². The maximum atomic E-state index is 8.93. The van der Waals surface area contributed by atoms with Crippen LogP contribution in [0.2, 0.25) is 0 Å². The molecule has 1 aliphatic rings. The number of amidine groups is 1. The zero-order valence-corrected chi connectivity index (χ0v) is 9.45. The molecule has 0 atom stereocenters. The fourth-order valence-electron chi connectivity index (χ4n) is 1.81. The van der Waals surface area contributed by atoms with Crippen LogP contribution in [0.5, 0.6) is 0 Å². The van der Waals surface area contributed by atoms with Crippen molar-refractivity contribution >= 4 is 5.84 Å². The molecule has 1 heterocycles. The van der Waals surface area contributed by atoms with Crippen LogP contribution >= 0.6 is 0 Å². The highest BCUT2D eigenvalue weighted by Gasteiger charge is 2.04. The Morgan fingerprint density at radius 1 is 1.12 bits per heavy atom. The Bertz CT molecular complexity index is 357. The van der Waals surface area contributed by atoms with E-state index in [1.165, 1.54) is 18.4 Å². The molecule has 0 aromatic heterocycles. The zero-order valence-electron chi connectivity index (χ0n) is 9.45. The first-order valence-electron chi connectivity index (χ1n) is 5.84. The molecule has 1 aromatic carbocycles. The van der Waals surface area contributed by atoms with Crippen molar-refractivity contribution in [3.63, 3.8) is 0 Å². The molecule has 0 amide bonds. The molecule has 0 unspecified atom stereocenters. The molecule has 2 rings (SSSR count). The Morgan fingerprint density at radius 2 is 1.88 bits per heavy atom. The van der Waals surface area contributed by atoms with Crippen LogP contribution in [0, 0.1) is 0 Å².